The predicted octanol–water partition coefficient (Wildman–Crippen LogP) is -4.20. The first kappa shape index (κ1) is 33.2. The minimum Gasteiger partial charge on any atom is -0.872 e. The van der Waals surface area contributed by atoms with Crippen molar-refractivity contribution in [3.05, 3.63) is 46.5 Å². The second-order valence-electron chi connectivity index (χ2n) is 8.24. The van der Waals surface area contributed by atoms with Crippen LogP contribution < -0.4 is 69.3 Å². The molecule has 0 saturated heterocycles. The Morgan fingerprint density at radius 3 is 1.39 bits per heavy atom. The second kappa shape index (κ2) is 13.3. The van der Waals surface area contributed by atoms with E-state index in [1.165, 1.54) is 26.3 Å². The maximum atomic E-state index is 12.4. The maximum absolute atomic E-state index is 12.4. The zero-order chi connectivity index (χ0) is 25.3. The Bertz CT molecular complexity index is 1270. The van der Waals surface area contributed by atoms with Crippen molar-refractivity contribution in [3.63, 3.8) is 0 Å². The van der Waals surface area contributed by atoms with Crippen molar-refractivity contribution in [2.45, 2.75) is 61.4 Å². The Balaban J connectivity index is 0.00000324. The van der Waals surface area contributed by atoms with Gasteiger partial charge in [-0.1, -0.05) is 35.5 Å². The van der Waals surface area contributed by atoms with Crippen molar-refractivity contribution < 1.29 is 95.3 Å². The third kappa shape index (κ3) is 8.35. The Morgan fingerprint density at radius 2 is 1.08 bits per heavy atom. The number of hydrogen-bond donors (Lipinski definition) is 2. The monoisotopic (exact) mass is 554 g/mol. The van der Waals surface area contributed by atoms with E-state index >= 15 is 0 Å². The van der Waals surface area contributed by atoms with E-state index in [1.807, 2.05) is 0 Å². The topological polar surface area (TPSA) is 180 Å². The van der Waals surface area contributed by atoms with Crippen molar-refractivity contribution in [2.75, 3.05) is 0 Å². The predicted molar refractivity (Wildman–Crippen MR) is 122 cm³/mol. The molecule has 36 heavy (non-hydrogen) atoms. The van der Waals surface area contributed by atoms with Crippen LogP contribution in [0.25, 0.3) is 0 Å². The van der Waals surface area contributed by atoms with Gasteiger partial charge in [-0.25, -0.2) is 0 Å². The molecule has 1 aliphatic carbocycles. The molecular formula is C22H24N2Na2O8S2. The van der Waals surface area contributed by atoms with Gasteiger partial charge in [0.1, 0.15) is 0 Å². The van der Waals surface area contributed by atoms with E-state index in [4.69, 9.17) is 0 Å². The second-order valence-corrected chi connectivity index (χ2v) is 11.1. The number of aliphatic imine (C=N–C) groups is 2. The van der Waals surface area contributed by atoms with Gasteiger partial charge in [-0.05, 0) is 62.1 Å². The number of rotatable bonds is 6. The largest absolute Gasteiger partial charge is 1.00 e. The summed E-state index contributed by atoms with van der Waals surface area (Å²) in [5.74, 6) is -0.832. The quantitative estimate of drug-likeness (QED) is 0.205. The van der Waals surface area contributed by atoms with Gasteiger partial charge in [-0.15, -0.1) is 0 Å². The molecule has 14 heteroatoms. The van der Waals surface area contributed by atoms with E-state index in [-0.39, 0.29) is 93.5 Å². The molecule has 1 aliphatic rings. The Hall–Kier alpha value is -0.800. The summed E-state index contributed by atoms with van der Waals surface area (Å²) >= 11 is 0. The molecule has 0 spiro atoms. The van der Waals surface area contributed by atoms with Crippen molar-refractivity contribution in [1.82, 2.24) is 0 Å². The van der Waals surface area contributed by atoms with Gasteiger partial charge in [-0.3, -0.25) is 19.1 Å². The molecule has 1 fully saturated rings. The summed E-state index contributed by atoms with van der Waals surface area (Å²) in [6, 6.07) is 3.57. The number of benzene rings is 2. The molecule has 184 valence electrons. The standard InChI is InChI=1S/C22H26N2O8S2.2Na/c1-13-7-17(33(27,28)29)9-15(21(13)25)11-23-19-5-3-4-6-20(19)24-12-16-10-18(34(30,31)32)8-14(2)22(16)26;;/h7-12,19-20,25-26H,3-6H2,1-2H3,(H,27,28,29)(H,30,31,32);;/q;2*+1/p-2. The summed E-state index contributed by atoms with van der Waals surface area (Å²) in [5, 5.41) is 24.8. The smallest absolute Gasteiger partial charge is 0.872 e. The summed E-state index contributed by atoms with van der Waals surface area (Å²) in [6.07, 6.45) is 5.52. The molecule has 0 bridgehead atoms. The van der Waals surface area contributed by atoms with Gasteiger partial charge < -0.3 is 10.2 Å². The van der Waals surface area contributed by atoms with Crippen molar-refractivity contribution >= 4 is 32.7 Å². The normalized spacial score (nSPS) is 18.7. The fourth-order valence-corrected chi connectivity index (χ4v) is 5.02. The summed E-state index contributed by atoms with van der Waals surface area (Å²) in [6.45, 7) is 2.87. The van der Waals surface area contributed by atoms with Gasteiger partial charge in [-0.2, -0.15) is 16.8 Å². The van der Waals surface area contributed by atoms with E-state index in [9.17, 15) is 36.2 Å². The summed E-state index contributed by atoms with van der Waals surface area (Å²) < 4.78 is 64.5. The third-order valence-electron chi connectivity index (χ3n) is 5.65. The first-order chi connectivity index (χ1) is 15.8. The summed E-state index contributed by atoms with van der Waals surface area (Å²) in [4.78, 5) is 8.08. The molecule has 0 radical (unpaired) electrons. The molecule has 2 unspecified atom stereocenters. The van der Waals surface area contributed by atoms with E-state index in [0.717, 1.165) is 37.1 Å². The summed E-state index contributed by atoms with van der Waals surface area (Å²) in [7, 11) is -8.99. The van der Waals surface area contributed by atoms with Gasteiger partial charge in [0.25, 0.3) is 20.2 Å². The molecule has 2 aromatic carbocycles. The van der Waals surface area contributed by atoms with E-state index in [0.29, 0.717) is 12.8 Å². The van der Waals surface area contributed by atoms with Crippen LogP contribution in [0, 0.1) is 13.8 Å². The Morgan fingerprint density at radius 1 is 0.750 bits per heavy atom. The number of hydrogen-bond acceptors (Lipinski definition) is 8. The number of nitrogens with zero attached hydrogens (tertiary/aromatic N) is 2. The van der Waals surface area contributed by atoms with E-state index in [1.54, 1.807) is 0 Å². The van der Waals surface area contributed by atoms with E-state index in [2.05, 4.69) is 9.98 Å². The van der Waals surface area contributed by atoms with Crippen molar-refractivity contribution in [2.24, 2.45) is 9.98 Å². The zero-order valence-electron chi connectivity index (χ0n) is 20.5. The minimum atomic E-state index is -4.49. The average Bonchev–Trinajstić information content (AvgIpc) is 2.74. The maximum Gasteiger partial charge on any atom is 1.00 e. The molecule has 2 aromatic rings. The van der Waals surface area contributed by atoms with Gasteiger partial charge in [0, 0.05) is 12.4 Å². The van der Waals surface area contributed by atoms with Gasteiger partial charge in [0.2, 0.25) is 0 Å². The molecule has 3 rings (SSSR count). The molecular weight excluding hydrogens is 530 g/mol. The van der Waals surface area contributed by atoms with Crippen LogP contribution >= 0.6 is 0 Å². The van der Waals surface area contributed by atoms with Crippen LogP contribution in [-0.4, -0.2) is 50.5 Å². The molecule has 1 saturated carbocycles. The third-order valence-corrected chi connectivity index (χ3v) is 7.32. The first-order valence-corrected chi connectivity index (χ1v) is 13.3. The molecule has 2 atom stereocenters. The number of aryl methyl sites for hydroxylation is 2. The average molecular weight is 555 g/mol. The summed E-state index contributed by atoms with van der Waals surface area (Å²) in [5.41, 5.74) is 0.317. The Kier molecular flexibility index (Phi) is 12.3. The van der Waals surface area contributed by atoms with Crippen molar-refractivity contribution in [3.8, 4) is 11.5 Å². The molecule has 0 amide bonds. The van der Waals surface area contributed by atoms with Crippen LogP contribution in [0.5, 0.6) is 11.5 Å². The van der Waals surface area contributed by atoms with Crippen LogP contribution in [0.2, 0.25) is 0 Å². The molecule has 0 heterocycles. The zero-order valence-corrected chi connectivity index (χ0v) is 26.1. The SMILES string of the molecule is Cc1cc(S(=O)(=O)O)cc(C=NC2CCCCC2N=Cc2cc(S(=O)(=O)O)cc(C)c2[O-])c1[O-].[Na+].[Na+]. The molecule has 2 N–H and O–H groups in total. The Labute approximate surface area is 255 Å². The molecule has 0 aliphatic heterocycles. The van der Waals surface area contributed by atoms with Crippen molar-refractivity contribution in [1.29, 1.82) is 0 Å². The minimum absolute atomic E-state index is 0. The molecule has 10 nitrogen and oxygen atoms in total. The molecule has 0 aromatic heterocycles. The van der Waals surface area contributed by atoms with Crippen LogP contribution in [0.4, 0.5) is 0 Å². The van der Waals surface area contributed by atoms with Gasteiger partial charge >= 0.3 is 59.1 Å². The van der Waals surface area contributed by atoms with E-state index < -0.39 is 41.5 Å². The fourth-order valence-electron chi connectivity index (χ4n) is 3.82. The van der Waals surface area contributed by atoms with Gasteiger partial charge in [0.15, 0.2) is 0 Å². The van der Waals surface area contributed by atoms with Crippen LogP contribution in [0.1, 0.15) is 47.9 Å². The first-order valence-electron chi connectivity index (χ1n) is 10.4. The van der Waals surface area contributed by atoms with Gasteiger partial charge in [0.05, 0.1) is 21.9 Å². The van der Waals surface area contributed by atoms with Crippen LogP contribution in [0.15, 0.2) is 44.0 Å². The van der Waals surface area contributed by atoms with Crippen LogP contribution in [-0.2, 0) is 20.2 Å². The van der Waals surface area contributed by atoms with Crippen LogP contribution in [0.3, 0.4) is 0 Å². The fraction of sp³-hybridized carbons (Fsp3) is 0.364.